The Labute approximate surface area is 138 Å². The highest BCUT2D eigenvalue weighted by molar-refractivity contribution is 6.42. The standard InChI is InChI=1S/C15H15Cl2N3O2/c1-15(2,8-18)14(22)19-12-5-6-20(13(12)21)9-3-4-10(16)11(17)7-9/h3-4,7,12H,5-6H2,1-2H3,(H,19,22)/t12-/m1/s1. The lowest BCUT2D eigenvalue weighted by molar-refractivity contribution is -0.130. The zero-order valence-corrected chi connectivity index (χ0v) is 13.7. The molecule has 1 atom stereocenters. The predicted molar refractivity (Wildman–Crippen MR) is 84.8 cm³/mol. The van der Waals surface area contributed by atoms with Crippen molar-refractivity contribution in [3.05, 3.63) is 28.2 Å². The van der Waals surface area contributed by atoms with Gasteiger partial charge >= 0.3 is 0 Å². The van der Waals surface area contributed by atoms with E-state index in [0.717, 1.165) is 0 Å². The van der Waals surface area contributed by atoms with Crippen LogP contribution in [0.1, 0.15) is 20.3 Å². The van der Waals surface area contributed by atoms with Crippen molar-refractivity contribution in [2.75, 3.05) is 11.4 Å². The van der Waals surface area contributed by atoms with Crippen molar-refractivity contribution in [1.29, 1.82) is 5.26 Å². The molecule has 1 aliphatic heterocycles. The quantitative estimate of drug-likeness (QED) is 0.920. The van der Waals surface area contributed by atoms with E-state index in [4.69, 9.17) is 28.5 Å². The fourth-order valence-electron chi connectivity index (χ4n) is 2.11. The van der Waals surface area contributed by atoms with Crippen LogP contribution in [0.5, 0.6) is 0 Å². The van der Waals surface area contributed by atoms with Crippen LogP contribution in [0.25, 0.3) is 0 Å². The Hall–Kier alpha value is -1.77. The van der Waals surface area contributed by atoms with Crippen LogP contribution in [0, 0.1) is 16.7 Å². The summed E-state index contributed by atoms with van der Waals surface area (Å²) in [4.78, 5) is 25.9. The largest absolute Gasteiger partial charge is 0.343 e. The summed E-state index contributed by atoms with van der Waals surface area (Å²) in [6.07, 6.45) is 0.478. The van der Waals surface area contributed by atoms with E-state index in [1.165, 1.54) is 13.8 Å². The van der Waals surface area contributed by atoms with Gasteiger partial charge in [-0.2, -0.15) is 5.26 Å². The average Bonchev–Trinajstić information content (AvgIpc) is 2.83. The van der Waals surface area contributed by atoms with Crippen molar-refractivity contribution in [3.8, 4) is 6.07 Å². The Balaban J connectivity index is 2.12. The molecule has 0 saturated carbocycles. The van der Waals surface area contributed by atoms with E-state index < -0.39 is 17.4 Å². The fraction of sp³-hybridized carbons (Fsp3) is 0.400. The zero-order chi connectivity index (χ0) is 16.5. The number of nitriles is 1. The van der Waals surface area contributed by atoms with Gasteiger partial charge in [-0.25, -0.2) is 0 Å². The molecule has 1 aromatic rings. The van der Waals surface area contributed by atoms with Crippen LogP contribution in [0.15, 0.2) is 18.2 Å². The van der Waals surface area contributed by atoms with Crippen molar-refractivity contribution in [3.63, 3.8) is 0 Å². The molecule has 2 rings (SSSR count). The summed E-state index contributed by atoms with van der Waals surface area (Å²) in [5, 5.41) is 12.4. The number of nitrogens with one attached hydrogen (secondary N) is 1. The van der Waals surface area contributed by atoms with E-state index in [0.29, 0.717) is 28.7 Å². The normalized spacial score (nSPS) is 18.2. The molecule has 2 amide bonds. The number of nitrogens with zero attached hydrogens (tertiary/aromatic N) is 2. The van der Waals surface area contributed by atoms with Crippen LogP contribution in [0.2, 0.25) is 10.0 Å². The summed E-state index contributed by atoms with van der Waals surface area (Å²) < 4.78 is 0. The Morgan fingerprint density at radius 2 is 2.09 bits per heavy atom. The van der Waals surface area contributed by atoms with Gasteiger partial charge in [0.15, 0.2) is 0 Å². The zero-order valence-electron chi connectivity index (χ0n) is 12.2. The fourth-order valence-corrected chi connectivity index (χ4v) is 2.40. The number of amides is 2. The van der Waals surface area contributed by atoms with E-state index in [2.05, 4.69) is 5.32 Å². The highest BCUT2D eigenvalue weighted by Gasteiger charge is 2.37. The molecule has 116 valence electrons. The number of benzene rings is 1. The molecule has 0 radical (unpaired) electrons. The summed E-state index contributed by atoms with van der Waals surface area (Å²) in [6, 6.07) is 6.23. The summed E-state index contributed by atoms with van der Waals surface area (Å²) in [6.45, 7) is 3.49. The maximum atomic E-state index is 12.4. The van der Waals surface area contributed by atoms with Gasteiger partial charge in [-0.1, -0.05) is 23.2 Å². The second-order valence-electron chi connectivity index (χ2n) is 5.64. The maximum absolute atomic E-state index is 12.4. The highest BCUT2D eigenvalue weighted by Crippen LogP contribution is 2.29. The van der Waals surface area contributed by atoms with Crippen molar-refractivity contribution in [2.24, 2.45) is 5.41 Å². The van der Waals surface area contributed by atoms with Crippen LogP contribution < -0.4 is 10.2 Å². The van der Waals surface area contributed by atoms with Gasteiger partial charge in [-0.05, 0) is 38.5 Å². The first-order chi connectivity index (χ1) is 10.3. The minimum Gasteiger partial charge on any atom is -0.343 e. The van der Waals surface area contributed by atoms with E-state index in [1.54, 1.807) is 23.1 Å². The van der Waals surface area contributed by atoms with Crippen LogP contribution in [0.4, 0.5) is 5.69 Å². The number of anilines is 1. The second kappa shape index (κ2) is 6.15. The topological polar surface area (TPSA) is 73.2 Å². The summed E-state index contributed by atoms with van der Waals surface area (Å²) >= 11 is 11.8. The lowest BCUT2D eigenvalue weighted by Gasteiger charge is -2.20. The molecule has 0 unspecified atom stereocenters. The van der Waals surface area contributed by atoms with Crippen LogP contribution >= 0.6 is 23.2 Å². The van der Waals surface area contributed by atoms with E-state index in [9.17, 15) is 9.59 Å². The molecule has 7 heteroatoms. The SMILES string of the molecule is CC(C)(C#N)C(=O)N[C@@H]1CCN(c2ccc(Cl)c(Cl)c2)C1=O. The molecule has 1 aliphatic rings. The smallest absolute Gasteiger partial charge is 0.249 e. The number of halogens is 2. The minimum atomic E-state index is -1.17. The lowest BCUT2D eigenvalue weighted by Crippen LogP contribution is -2.46. The van der Waals surface area contributed by atoms with Crippen molar-refractivity contribution < 1.29 is 9.59 Å². The molecule has 1 saturated heterocycles. The third-order valence-electron chi connectivity index (χ3n) is 3.57. The van der Waals surface area contributed by atoms with Gasteiger partial charge in [0, 0.05) is 12.2 Å². The Morgan fingerprint density at radius 1 is 1.41 bits per heavy atom. The Bertz CT molecular complexity index is 667. The number of carbonyl (C=O) groups is 2. The van der Waals surface area contributed by atoms with Crippen LogP contribution in [0.3, 0.4) is 0 Å². The monoisotopic (exact) mass is 339 g/mol. The molecule has 1 heterocycles. The summed E-state index contributed by atoms with van der Waals surface area (Å²) in [5.41, 5.74) is -0.534. The van der Waals surface area contributed by atoms with Gasteiger partial charge < -0.3 is 10.2 Å². The predicted octanol–water partition coefficient (Wildman–Crippen LogP) is 2.76. The number of carbonyl (C=O) groups excluding carboxylic acids is 2. The molecule has 1 aromatic carbocycles. The molecule has 0 aliphatic carbocycles. The number of rotatable bonds is 3. The number of hydrogen-bond acceptors (Lipinski definition) is 3. The minimum absolute atomic E-state index is 0.222. The molecule has 0 aromatic heterocycles. The van der Waals surface area contributed by atoms with Gasteiger partial charge in [0.2, 0.25) is 11.8 Å². The lowest BCUT2D eigenvalue weighted by atomic mass is 9.94. The third kappa shape index (κ3) is 3.18. The molecule has 0 spiro atoms. The second-order valence-corrected chi connectivity index (χ2v) is 6.45. The molecule has 5 nitrogen and oxygen atoms in total. The van der Waals surface area contributed by atoms with E-state index >= 15 is 0 Å². The average molecular weight is 340 g/mol. The van der Waals surface area contributed by atoms with Crippen LogP contribution in [-0.4, -0.2) is 24.4 Å². The maximum Gasteiger partial charge on any atom is 0.249 e. The molecule has 22 heavy (non-hydrogen) atoms. The number of hydrogen-bond donors (Lipinski definition) is 1. The first-order valence-electron chi connectivity index (χ1n) is 6.75. The third-order valence-corrected chi connectivity index (χ3v) is 4.31. The van der Waals surface area contributed by atoms with Gasteiger partial charge in [0.25, 0.3) is 0 Å². The van der Waals surface area contributed by atoms with Crippen LogP contribution in [-0.2, 0) is 9.59 Å². The van der Waals surface area contributed by atoms with E-state index in [1.807, 2.05) is 6.07 Å². The molecular weight excluding hydrogens is 325 g/mol. The first-order valence-corrected chi connectivity index (χ1v) is 7.50. The Kier molecular flexibility index (Phi) is 4.64. The summed E-state index contributed by atoms with van der Waals surface area (Å²) in [5.74, 6) is -0.676. The molecule has 1 N–H and O–H groups in total. The van der Waals surface area contributed by atoms with Gasteiger partial charge in [0.1, 0.15) is 11.5 Å². The Morgan fingerprint density at radius 3 is 2.68 bits per heavy atom. The first kappa shape index (κ1) is 16.6. The van der Waals surface area contributed by atoms with Crippen molar-refractivity contribution >= 4 is 40.7 Å². The molecular formula is C15H15Cl2N3O2. The van der Waals surface area contributed by atoms with Gasteiger partial charge in [-0.3, -0.25) is 9.59 Å². The van der Waals surface area contributed by atoms with Gasteiger partial charge in [0.05, 0.1) is 16.1 Å². The molecule has 1 fully saturated rings. The highest BCUT2D eigenvalue weighted by atomic mass is 35.5. The summed E-state index contributed by atoms with van der Waals surface area (Å²) in [7, 11) is 0. The molecule has 0 bridgehead atoms. The van der Waals surface area contributed by atoms with Gasteiger partial charge in [-0.15, -0.1) is 0 Å². The van der Waals surface area contributed by atoms with Crippen molar-refractivity contribution in [2.45, 2.75) is 26.3 Å². The van der Waals surface area contributed by atoms with Crippen molar-refractivity contribution in [1.82, 2.24) is 5.32 Å². The van der Waals surface area contributed by atoms with E-state index in [-0.39, 0.29) is 5.91 Å².